The lowest BCUT2D eigenvalue weighted by molar-refractivity contribution is -0.129. The average Bonchev–Trinajstić information content (AvgIpc) is 2.47. The Morgan fingerprint density at radius 2 is 2.50 bits per heavy atom. The molecule has 1 amide bonds. The van der Waals surface area contributed by atoms with E-state index in [-0.39, 0.29) is 12.0 Å². The van der Waals surface area contributed by atoms with Gasteiger partial charge in [-0.2, -0.15) is 0 Å². The summed E-state index contributed by atoms with van der Waals surface area (Å²) in [5, 5.41) is 3.27. The fourth-order valence-corrected chi connectivity index (χ4v) is 2.13. The van der Waals surface area contributed by atoms with Crippen molar-refractivity contribution in [3.05, 3.63) is 0 Å². The Balaban J connectivity index is 1.81. The molecule has 2 aliphatic rings. The van der Waals surface area contributed by atoms with Gasteiger partial charge in [-0.05, 0) is 5.92 Å². The standard InChI is InChI=1S/C10H18N2O2/c1-8-4-10(13)12(6-8)7-9-5-11-2-3-14-9/h8-9,11H,2-7H2,1H3. The molecule has 2 unspecified atom stereocenters. The van der Waals surface area contributed by atoms with E-state index in [0.29, 0.717) is 12.3 Å². The van der Waals surface area contributed by atoms with Crippen LogP contribution in [-0.4, -0.2) is 49.7 Å². The first kappa shape index (κ1) is 9.93. The second kappa shape index (κ2) is 4.28. The predicted octanol–water partition coefficient (Wildman–Crippen LogP) is -0.157. The Bertz CT molecular complexity index is 214. The first-order valence-electron chi connectivity index (χ1n) is 5.36. The van der Waals surface area contributed by atoms with Crippen LogP contribution in [0, 0.1) is 5.92 Å². The zero-order valence-corrected chi connectivity index (χ0v) is 8.66. The minimum absolute atomic E-state index is 0.193. The summed E-state index contributed by atoms with van der Waals surface area (Å²) in [6.45, 7) is 6.36. The van der Waals surface area contributed by atoms with E-state index in [4.69, 9.17) is 4.74 Å². The Kier molecular flexibility index (Phi) is 3.03. The molecule has 2 aliphatic heterocycles. The van der Waals surface area contributed by atoms with E-state index in [2.05, 4.69) is 12.2 Å². The number of ether oxygens (including phenoxy) is 1. The quantitative estimate of drug-likeness (QED) is 0.670. The number of hydrogen-bond donors (Lipinski definition) is 1. The molecule has 2 fully saturated rings. The van der Waals surface area contributed by atoms with Gasteiger partial charge in [0.25, 0.3) is 0 Å². The normalized spacial score (nSPS) is 33.8. The van der Waals surface area contributed by atoms with E-state index < -0.39 is 0 Å². The Morgan fingerprint density at radius 3 is 3.07 bits per heavy atom. The molecule has 2 saturated heterocycles. The molecule has 0 spiro atoms. The topological polar surface area (TPSA) is 41.6 Å². The van der Waals surface area contributed by atoms with Gasteiger partial charge >= 0.3 is 0 Å². The molecule has 0 aromatic carbocycles. The third-order valence-electron chi connectivity index (χ3n) is 2.84. The molecule has 0 radical (unpaired) electrons. The molecule has 2 atom stereocenters. The van der Waals surface area contributed by atoms with Crippen LogP contribution in [0.2, 0.25) is 0 Å². The summed E-state index contributed by atoms with van der Waals surface area (Å²) in [4.78, 5) is 13.4. The molecule has 4 heteroatoms. The molecule has 1 N–H and O–H groups in total. The molecule has 80 valence electrons. The van der Waals surface area contributed by atoms with Crippen LogP contribution in [0.25, 0.3) is 0 Å². The van der Waals surface area contributed by atoms with Gasteiger partial charge in [0, 0.05) is 32.6 Å². The monoisotopic (exact) mass is 198 g/mol. The van der Waals surface area contributed by atoms with Crippen LogP contribution in [0.15, 0.2) is 0 Å². The van der Waals surface area contributed by atoms with E-state index in [1.54, 1.807) is 0 Å². The first-order valence-corrected chi connectivity index (χ1v) is 5.36. The van der Waals surface area contributed by atoms with Crippen molar-refractivity contribution in [1.29, 1.82) is 0 Å². The van der Waals surface area contributed by atoms with E-state index in [1.165, 1.54) is 0 Å². The lowest BCUT2D eigenvalue weighted by Crippen LogP contribution is -2.45. The molecule has 14 heavy (non-hydrogen) atoms. The van der Waals surface area contributed by atoms with Gasteiger partial charge in [0.1, 0.15) is 0 Å². The number of carbonyl (C=O) groups excluding carboxylic acids is 1. The second-order valence-electron chi connectivity index (χ2n) is 4.30. The molecule has 0 aromatic heterocycles. The number of rotatable bonds is 2. The van der Waals surface area contributed by atoms with Crippen LogP contribution < -0.4 is 5.32 Å². The lowest BCUT2D eigenvalue weighted by atomic mass is 10.2. The third-order valence-corrected chi connectivity index (χ3v) is 2.84. The summed E-state index contributed by atoms with van der Waals surface area (Å²) in [6, 6.07) is 0. The molecule has 2 heterocycles. The van der Waals surface area contributed by atoms with Gasteiger partial charge < -0.3 is 15.0 Å². The zero-order valence-electron chi connectivity index (χ0n) is 8.66. The fraction of sp³-hybridized carbons (Fsp3) is 0.900. The highest BCUT2D eigenvalue weighted by molar-refractivity contribution is 5.78. The maximum absolute atomic E-state index is 11.5. The third kappa shape index (κ3) is 2.25. The minimum Gasteiger partial charge on any atom is -0.374 e. The molecule has 0 bridgehead atoms. The molecule has 0 aromatic rings. The van der Waals surface area contributed by atoms with Gasteiger partial charge in [-0.15, -0.1) is 0 Å². The highest BCUT2D eigenvalue weighted by atomic mass is 16.5. The molecule has 0 aliphatic carbocycles. The fourth-order valence-electron chi connectivity index (χ4n) is 2.13. The predicted molar refractivity (Wildman–Crippen MR) is 53.0 cm³/mol. The average molecular weight is 198 g/mol. The van der Waals surface area contributed by atoms with Crippen LogP contribution in [0.5, 0.6) is 0 Å². The Labute approximate surface area is 84.6 Å². The highest BCUT2D eigenvalue weighted by Crippen LogP contribution is 2.17. The summed E-state index contributed by atoms with van der Waals surface area (Å²) in [5.41, 5.74) is 0. The molecule has 2 rings (SSSR count). The maximum Gasteiger partial charge on any atom is 0.223 e. The van der Waals surface area contributed by atoms with Crippen molar-refractivity contribution in [2.24, 2.45) is 5.92 Å². The summed E-state index contributed by atoms with van der Waals surface area (Å²) in [5.74, 6) is 0.797. The maximum atomic E-state index is 11.5. The Hall–Kier alpha value is -0.610. The summed E-state index contributed by atoms with van der Waals surface area (Å²) in [7, 11) is 0. The number of amides is 1. The number of likely N-dealkylation sites (tertiary alicyclic amines) is 1. The number of morpholine rings is 1. The van der Waals surface area contributed by atoms with Crippen molar-refractivity contribution in [2.75, 3.05) is 32.8 Å². The largest absolute Gasteiger partial charge is 0.374 e. The highest BCUT2D eigenvalue weighted by Gasteiger charge is 2.28. The van der Waals surface area contributed by atoms with Crippen molar-refractivity contribution in [3.8, 4) is 0 Å². The Morgan fingerprint density at radius 1 is 1.64 bits per heavy atom. The number of nitrogens with one attached hydrogen (secondary N) is 1. The number of hydrogen-bond acceptors (Lipinski definition) is 3. The minimum atomic E-state index is 0.193. The van der Waals surface area contributed by atoms with Gasteiger partial charge in [0.15, 0.2) is 0 Å². The van der Waals surface area contributed by atoms with Crippen molar-refractivity contribution >= 4 is 5.91 Å². The van der Waals surface area contributed by atoms with Crippen LogP contribution >= 0.6 is 0 Å². The van der Waals surface area contributed by atoms with E-state index in [1.807, 2.05) is 4.90 Å². The van der Waals surface area contributed by atoms with E-state index >= 15 is 0 Å². The number of nitrogens with zero attached hydrogens (tertiary/aromatic N) is 1. The van der Waals surface area contributed by atoms with Gasteiger partial charge in [0.2, 0.25) is 5.91 Å². The van der Waals surface area contributed by atoms with Crippen LogP contribution in [0.3, 0.4) is 0 Å². The van der Waals surface area contributed by atoms with Crippen molar-refractivity contribution in [3.63, 3.8) is 0 Å². The molecule has 0 saturated carbocycles. The van der Waals surface area contributed by atoms with E-state index in [9.17, 15) is 4.79 Å². The van der Waals surface area contributed by atoms with Gasteiger partial charge in [-0.1, -0.05) is 6.92 Å². The SMILES string of the molecule is CC1CC(=O)N(CC2CNCCO2)C1. The zero-order chi connectivity index (χ0) is 9.97. The van der Waals surface area contributed by atoms with Crippen molar-refractivity contribution in [1.82, 2.24) is 10.2 Å². The summed E-state index contributed by atoms with van der Waals surface area (Å²) >= 11 is 0. The van der Waals surface area contributed by atoms with Gasteiger partial charge in [-0.25, -0.2) is 0 Å². The lowest BCUT2D eigenvalue weighted by Gasteiger charge is -2.27. The first-order chi connectivity index (χ1) is 6.75. The van der Waals surface area contributed by atoms with Crippen LogP contribution in [0.4, 0.5) is 0 Å². The summed E-state index contributed by atoms with van der Waals surface area (Å²) < 4.78 is 5.57. The van der Waals surface area contributed by atoms with Crippen LogP contribution in [-0.2, 0) is 9.53 Å². The number of carbonyl (C=O) groups is 1. The second-order valence-corrected chi connectivity index (χ2v) is 4.30. The van der Waals surface area contributed by atoms with Gasteiger partial charge in [-0.3, -0.25) is 4.79 Å². The molecular formula is C10H18N2O2. The summed E-state index contributed by atoms with van der Waals surface area (Å²) in [6.07, 6.45) is 0.901. The van der Waals surface area contributed by atoms with Crippen LogP contribution in [0.1, 0.15) is 13.3 Å². The molecule has 4 nitrogen and oxygen atoms in total. The molecular weight excluding hydrogens is 180 g/mol. The van der Waals surface area contributed by atoms with Crippen molar-refractivity contribution < 1.29 is 9.53 Å². The van der Waals surface area contributed by atoms with Crippen molar-refractivity contribution in [2.45, 2.75) is 19.4 Å². The smallest absolute Gasteiger partial charge is 0.223 e. The van der Waals surface area contributed by atoms with Gasteiger partial charge in [0.05, 0.1) is 12.7 Å². The van der Waals surface area contributed by atoms with E-state index in [0.717, 1.165) is 32.8 Å².